The number of hydrogen-bond donors (Lipinski definition) is 1. The Hall–Kier alpha value is -1.00. The van der Waals surface area contributed by atoms with E-state index >= 15 is 0 Å². The minimum atomic E-state index is -4.71. The normalized spacial score (nSPS) is 23.4. The van der Waals surface area contributed by atoms with Crippen LogP contribution < -0.4 is 5.32 Å². The topological polar surface area (TPSA) is 29.1 Å². The largest absolute Gasteiger partial charge is 0.450 e. The molecule has 1 aliphatic rings. The monoisotopic (exact) mass is 165 g/mol. The second-order valence-corrected chi connectivity index (χ2v) is 2.24. The molecule has 0 amide bonds. The Morgan fingerprint density at radius 1 is 1.55 bits per heavy atom. The fraction of sp³-hybridized carbons (Fsp3) is 0.500. The Bertz CT molecular complexity index is 196. The third-order valence-electron chi connectivity index (χ3n) is 1.40. The zero-order chi connectivity index (χ0) is 8.48. The molecule has 0 fully saturated rings. The lowest BCUT2D eigenvalue weighted by atomic mass is 10.1. The molecule has 2 nitrogen and oxygen atoms in total. The van der Waals surface area contributed by atoms with Crippen LogP contribution in [-0.4, -0.2) is 18.5 Å². The van der Waals surface area contributed by atoms with E-state index in [-0.39, 0.29) is 6.54 Å². The molecule has 1 N–H and O–H groups in total. The molecular formula is C6H6F3NO. The first-order chi connectivity index (χ1) is 5.02. The van der Waals surface area contributed by atoms with Crippen molar-refractivity contribution < 1.29 is 18.0 Å². The summed E-state index contributed by atoms with van der Waals surface area (Å²) in [4.78, 5) is 10.5. The first-order valence-corrected chi connectivity index (χ1v) is 3.03. The van der Waals surface area contributed by atoms with Crippen LogP contribution in [0.5, 0.6) is 0 Å². The fourth-order valence-electron chi connectivity index (χ4n) is 0.838. The molecule has 1 rings (SSSR count). The molecule has 0 aliphatic carbocycles. The van der Waals surface area contributed by atoms with E-state index in [9.17, 15) is 18.0 Å². The van der Waals surface area contributed by atoms with Crippen LogP contribution in [0.2, 0.25) is 0 Å². The van der Waals surface area contributed by atoms with Crippen molar-refractivity contribution in [3.8, 4) is 0 Å². The Morgan fingerprint density at radius 2 is 2.18 bits per heavy atom. The van der Waals surface area contributed by atoms with Crippen LogP contribution in [0.4, 0.5) is 13.2 Å². The predicted octanol–water partition coefficient (Wildman–Crippen LogP) is 0.851. The minimum absolute atomic E-state index is 0.0539. The van der Waals surface area contributed by atoms with Crippen LogP contribution in [0, 0.1) is 5.92 Å². The summed E-state index contributed by atoms with van der Waals surface area (Å²) in [6, 6.07) is 0. The van der Waals surface area contributed by atoms with Gasteiger partial charge in [0, 0.05) is 6.54 Å². The summed E-state index contributed by atoms with van der Waals surface area (Å²) in [6.07, 6.45) is -2.13. The van der Waals surface area contributed by atoms with E-state index in [0.29, 0.717) is 0 Å². The highest BCUT2D eigenvalue weighted by Crippen LogP contribution is 2.22. The standard InChI is InChI=1S/C6H6F3NO/c7-6(8,9)5(11)4-1-2-10-3-4/h1-2,4,10H,3H2. The van der Waals surface area contributed by atoms with Crippen molar-refractivity contribution >= 4 is 5.78 Å². The van der Waals surface area contributed by atoms with Crippen molar-refractivity contribution in [3.63, 3.8) is 0 Å². The molecule has 11 heavy (non-hydrogen) atoms. The zero-order valence-electron chi connectivity index (χ0n) is 5.48. The van der Waals surface area contributed by atoms with Crippen LogP contribution in [0.15, 0.2) is 12.3 Å². The molecular weight excluding hydrogens is 159 g/mol. The van der Waals surface area contributed by atoms with Gasteiger partial charge in [0.1, 0.15) is 0 Å². The molecule has 0 saturated carbocycles. The van der Waals surface area contributed by atoms with E-state index in [4.69, 9.17) is 0 Å². The van der Waals surface area contributed by atoms with Gasteiger partial charge in [-0.25, -0.2) is 0 Å². The molecule has 0 aromatic carbocycles. The molecule has 1 atom stereocenters. The second kappa shape index (κ2) is 2.56. The summed E-state index contributed by atoms with van der Waals surface area (Å²) in [6.45, 7) is 0.0539. The molecule has 1 aliphatic heterocycles. The number of hydrogen-bond acceptors (Lipinski definition) is 2. The summed E-state index contributed by atoms with van der Waals surface area (Å²) in [5.41, 5.74) is 0. The Kier molecular flexibility index (Phi) is 1.89. The maximum atomic E-state index is 11.7. The van der Waals surface area contributed by atoms with E-state index < -0.39 is 17.9 Å². The Labute approximate surface area is 61.1 Å². The molecule has 1 heterocycles. The average molecular weight is 165 g/mol. The number of Topliss-reactive ketones (excluding diaryl/α,β-unsaturated/α-hetero) is 1. The molecule has 5 heteroatoms. The lowest BCUT2D eigenvalue weighted by molar-refractivity contribution is -0.173. The third kappa shape index (κ3) is 1.72. The van der Waals surface area contributed by atoms with Gasteiger partial charge >= 0.3 is 6.18 Å². The Balaban J connectivity index is 2.61. The molecule has 0 spiro atoms. The smallest absolute Gasteiger partial charge is 0.390 e. The number of rotatable bonds is 1. The van der Waals surface area contributed by atoms with E-state index in [1.807, 2.05) is 0 Å². The summed E-state index contributed by atoms with van der Waals surface area (Å²) >= 11 is 0. The molecule has 1 unspecified atom stereocenters. The predicted molar refractivity (Wildman–Crippen MR) is 31.7 cm³/mol. The van der Waals surface area contributed by atoms with Gasteiger partial charge in [0.15, 0.2) is 0 Å². The molecule has 0 saturated heterocycles. The summed E-state index contributed by atoms with van der Waals surface area (Å²) in [5, 5.41) is 2.52. The number of ketones is 1. The van der Waals surface area contributed by atoms with Gasteiger partial charge in [-0.15, -0.1) is 0 Å². The molecule has 0 radical (unpaired) electrons. The van der Waals surface area contributed by atoms with Crippen molar-refractivity contribution in [1.29, 1.82) is 0 Å². The number of alkyl halides is 3. The van der Waals surface area contributed by atoms with E-state index in [1.165, 1.54) is 12.3 Å². The molecule has 0 aromatic heterocycles. The highest BCUT2D eigenvalue weighted by atomic mass is 19.4. The van der Waals surface area contributed by atoms with Crippen LogP contribution in [-0.2, 0) is 4.79 Å². The minimum Gasteiger partial charge on any atom is -0.390 e. The lowest BCUT2D eigenvalue weighted by Crippen LogP contribution is -2.31. The quantitative estimate of drug-likeness (QED) is 0.624. The SMILES string of the molecule is O=C(C1C=CNC1)C(F)(F)F. The zero-order valence-corrected chi connectivity index (χ0v) is 5.48. The van der Waals surface area contributed by atoms with Crippen molar-refractivity contribution in [2.24, 2.45) is 5.92 Å². The third-order valence-corrected chi connectivity index (χ3v) is 1.40. The molecule has 0 aromatic rings. The van der Waals surface area contributed by atoms with Crippen LogP contribution in [0.3, 0.4) is 0 Å². The summed E-state index contributed by atoms with van der Waals surface area (Å²) < 4.78 is 35.1. The van der Waals surface area contributed by atoms with E-state index in [0.717, 1.165) is 0 Å². The summed E-state index contributed by atoms with van der Waals surface area (Å²) in [7, 11) is 0. The van der Waals surface area contributed by atoms with Gasteiger partial charge in [0.2, 0.25) is 5.78 Å². The number of carbonyl (C=O) groups is 1. The van der Waals surface area contributed by atoms with Crippen molar-refractivity contribution in [3.05, 3.63) is 12.3 Å². The summed E-state index contributed by atoms with van der Waals surface area (Å²) in [5.74, 6) is -2.71. The average Bonchev–Trinajstić information content (AvgIpc) is 2.34. The van der Waals surface area contributed by atoms with Gasteiger partial charge in [-0.05, 0) is 6.20 Å². The van der Waals surface area contributed by atoms with E-state index in [1.54, 1.807) is 0 Å². The van der Waals surface area contributed by atoms with E-state index in [2.05, 4.69) is 5.32 Å². The first kappa shape index (κ1) is 8.10. The maximum Gasteiger partial charge on any atom is 0.450 e. The lowest BCUT2D eigenvalue weighted by Gasteiger charge is -2.08. The highest BCUT2D eigenvalue weighted by Gasteiger charge is 2.42. The van der Waals surface area contributed by atoms with Gasteiger partial charge in [0.05, 0.1) is 5.92 Å². The van der Waals surface area contributed by atoms with Crippen LogP contribution in [0.25, 0.3) is 0 Å². The molecule has 62 valence electrons. The van der Waals surface area contributed by atoms with Crippen molar-refractivity contribution in [1.82, 2.24) is 5.32 Å². The second-order valence-electron chi connectivity index (χ2n) is 2.24. The molecule has 0 bridgehead atoms. The highest BCUT2D eigenvalue weighted by molar-refractivity contribution is 5.88. The fourth-order valence-corrected chi connectivity index (χ4v) is 0.838. The number of carbonyl (C=O) groups excluding carboxylic acids is 1. The van der Waals surface area contributed by atoms with Gasteiger partial charge < -0.3 is 5.32 Å². The Morgan fingerprint density at radius 3 is 2.55 bits per heavy atom. The first-order valence-electron chi connectivity index (χ1n) is 3.03. The van der Waals surface area contributed by atoms with Crippen LogP contribution >= 0.6 is 0 Å². The van der Waals surface area contributed by atoms with Crippen molar-refractivity contribution in [2.45, 2.75) is 6.18 Å². The van der Waals surface area contributed by atoms with Gasteiger partial charge in [0.25, 0.3) is 0 Å². The van der Waals surface area contributed by atoms with Gasteiger partial charge in [-0.2, -0.15) is 13.2 Å². The maximum absolute atomic E-state index is 11.7. The van der Waals surface area contributed by atoms with Crippen molar-refractivity contribution in [2.75, 3.05) is 6.54 Å². The number of halogens is 3. The van der Waals surface area contributed by atoms with Crippen LogP contribution in [0.1, 0.15) is 0 Å². The number of nitrogens with one attached hydrogen (secondary N) is 1. The van der Waals surface area contributed by atoms with Gasteiger partial charge in [-0.1, -0.05) is 6.08 Å². The van der Waals surface area contributed by atoms with Gasteiger partial charge in [-0.3, -0.25) is 4.79 Å².